The van der Waals surface area contributed by atoms with E-state index in [0.717, 1.165) is 49.2 Å². The molecular formula is C22H26N2O2. The van der Waals surface area contributed by atoms with E-state index in [1.54, 1.807) is 0 Å². The Balaban J connectivity index is 1.58. The second-order valence-corrected chi connectivity index (χ2v) is 6.89. The van der Waals surface area contributed by atoms with E-state index in [2.05, 4.69) is 17.4 Å². The molecule has 4 heteroatoms. The van der Waals surface area contributed by atoms with Crippen LogP contribution in [0.3, 0.4) is 0 Å². The van der Waals surface area contributed by atoms with Gasteiger partial charge in [0.05, 0.1) is 0 Å². The van der Waals surface area contributed by atoms with Crippen molar-refractivity contribution in [1.29, 1.82) is 0 Å². The molecule has 1 heterocycles. The van der Waals surface area contributed by atoms with E-state index in [0.29, 0.717) is 12.8 Å². The number of hydrogen-bond acceptors (Lipinski definition) is 2. The first-order chi connectivity index (χ1) is 12.6. The molecule has 1 fully saturated rings. The van der Waals surface area contributed by atoms with Crippen LogP contribution in [-0.2, 0) is 16.0 Å². The van der Waals surface area contributed by atoms with Gasteiger partial charge in [-0.2, -0.15) is 0 Å². The number of amides is 2. The first-order valence-electron chi connectivity index (χ1n) is 9.38. The van der Waals surface area contributed by atoms with Crippen LogP contribution >= 0.6 is 0 Å². The van der Waals surface area contributed by atoms with Gasteiger partial charge in [-0.3, -0.25) is 9.59 Å². The van der Waals surface area contributed by atoms with Crippen molar-refractivity contribution >= 4 is 23.2 Å². The van der Waals surface area contributed by atoms with E-state index >= 15 is 0 Å². The minimum atomic E-state index is 0.0145. The molecule has 0 aromatic heterocycles. The van der Waals surface area contributed by atoms with E-state index in [1.807, 2.05) is 48.2 Å². The SMILES string of the molecule is Cc1ccc(NC(=O)CCCc2ccccc2)cc1N1CCCCC1=O. The smallest absolute Gasteiger partial charge is 0.226 e. The summed E-state index contributed by atoms with van der Waals surface area (Å²) in [7, 11) is 0. The number of carbonyl (C=O) groups excluding carboxylic acids is 2. The lowest BCUT2D eigenvalue weighted by molar-refractivity contribution is -0.119. The number of carbonyl (C=O) groups is 2. The quantitative estimate of drug-likeness (QED) is 0.835. The van der Waals surface area contributed by atoms with Crippen molar-refractivity contribution < 1.29 is 9.59 Å². The zero-order chi connectivity index (χ0) is 18.4. The average molecular weight is 350 g/mol. The molecule has 0 spiro atoms. The summed E-state index contributed by atoms with van der Waals surface area (Å²) in [5, 5.41) is 2.97. The minimum absolute atomic E-state index is 0.0145. The Kier molecular flexibility index (Phi) is 6.05. The van der Waals surface area contributed by atoms with Gasteiger partial charge in [0.15, 0.2) is 0 Å². The molecule has 1 aliphatic heterocycles. The Morgan fingerprint density at radius 2 is 1.92 bits per heavy atom. The Morgan fingerprint density at radius 1 is 1.12 bits per heavy atom. The average Bonchev–Trinajstić information content (AvgIpc) is 2.65. The van der Waals surface area contributed by atoms with E-state index in [9.17, 15) is 9.59 Å². The van der Waals surface area contributed by atoms with Crippen LogP contribution in [0.15, 0.2) is 48.5 Å². The Hall–Kier alpha value is -2.62. The Bertz CT molecular complexity index is 771. The maximum absolute atomic E-state index is 12.2. The summed E-state index contributed by atoms with van der Waals surface area (Å²) in [5.74, 6) is 0.186. The number of anilines is 2. The van der Waals surface area contributed by atoms with Crippen molar-refractivity contribution in [2.24, 2.45) is 0 Å². The molecule has 0 aliphatic carbocycles. The molecule has 0 atom stereocenters. The summed E-state index contributed by atoms with van der Waals surface area (Å²) in [4.78, 5) is 26.3. The molecule has 3 rings (SSSR count). The topological polar surface area (TPSA) is 49.4 Å². The van der Waals surface area contributed by atoms with Crippen LogP contribution in [0.2, 0.25) is 0 Å². The molecule has 2 amide bonds. The number of nitrogens with one attached hydrogen (secondary N) is 1. The van der Waals surface area contributed by atoms with E-state index in [4.69, 9.17) is 0 Å². The van der Waals surface area contributed by atoms with Crippen molar-refractivity contribution in [3.63, 3.8) is 0 Å². The van der Waals surface area contributed by atoms with Gasteiger partial charge in [0, 0.05) is 30.8 Å². The van der Waals surface area contributed by atoms with Crippen LogP contribution in [0.1, 0.15) is 43.2 Å². The molecule has 1 saturated heterocycles. The van der Waals surface area contributed by atoms with Gasteiger partial charge in [0.1, 0.15) is 0 Å². The summed E-state index contributed by atoms with van der Waals surface area (Å²) in [6.07, 6.45) is 4.80. The number of aryl methyl sites for hydroxylation is 2. The van der Waals surface area contributed by atoms with Crippen LogP contribution in [-0.4, -0.2) is 18.4 Å². The second kappa shape index (κ2) is 8.65. The third-order valence-electron chi connectivity index (χ3n) is 4.82. The van der Waals surface area contributed by atoms with Gasteiger partial charge in [-0.05, 0) is 55.9 Å². The maximum atomic E-state index is 12.2. The van der Waals surface area contributed by atoms with Gasteiger partial charge < -0.3 is 10.2 Å². The van der Waals surface area contributed by atoms with Crippen LogP contribution < -0.4 is 10.2 Å². The van der Waals surface area contributed by atoms with Gasteiger partial charge in [-0.1, -0.05) is 36.4 Å². The largest absolute Gasteiger partial charge is 0.326 e. The molecule has 1 N–H and O–H groups in total. The Labute approximate surface area is 155 Å². The molecule has 0 saturated carbocycles. The van der Waals surface area contributed by atoms with Gasteiger partial charge in [0.2, 0.25) is 11.8 Å². The highest BCUT2D eigenvalue weighted by Crippen LogP contribution is 2.27. The molecule has 0 unspecified atom stereocenters. The van der Waals surface area contributed by atoms with E-state index in [1.165, 1.54) is 5.56 Å². The van der Waals surface area contributed by atoms with E-state index < -0.39 is 0 Å². The monoisotopic (exact) mass is 350 g/mol. The summed E-state index contributed by atoms with van der Waals surface area (Å²) in [6, 6.07) is 16.0. The predicted octanol–water partition coefficient (Wildman–Crippen LogP) is 4.47. The third kappa shape index (κ3) is 4.72. The molecule has 136 valence electrons. The number of nitrogens with zero attached hydrogens (tertiary/aromatic N) is 1. The minimum Gasteiger partial charge on any atom is -0.326 e. The summed E-state index contributed by atoms with van der Waals surface area (Å²) < 4.78 is 0. The second-order valence-electron chi connectivity index (χ2n) is 6.89. The fraction of sp³-hybridized carbons (Fsp3) is 0.364. The third-order valence-corrected chi connectivity index (χ3v) is 4.82. The molecule has 0 bridgehead atoms. The molecule has 2 aromatic carbocycles. The number of benzene rings is 2. The molecule has 1 aliphatic rings. The first-order valence-corrected chi connectivity index (χ1v) is 9.38. The summed E-state index contributed by atoms with van der Waals surface area (Å²) >= 11 is 0. The lowest BCUT2D eigenvalue weighted by atomic mass is 10.1. The Morgan fingerprint density at radius 3 is 2.69 bits per heavy atom. The van der Waals surface area contributed by atoms with Gasteiger partial charge >= 0.3 is 0 Å². The summed E-state index contributed by atoms with van der Waals surface area (Å²) in [6.45, 7) is 2.76. The molecule has 0 radical (unpaired) electrons. The van der Waals surface area contributed by atoms with E-state index in [-0.39, 0.29) is 11.8 Å². The first kappa shape index (κ1) is 18.2. The fourth-order valence-corrected chi connectivity index (χ4v) is 3.36. The fourth-order valence-electron chi connectivity index (χ4n) is 3.36. The van der Waals surface area contributed by atoms with Gasteiger partial charge in [-0.25, -0.2) is 0 Å². The highest BCUT2D eigenvalue weighted by Gasteiger charge is 2.21. The van der Waals surface area contributed by atoms with Crippen molar-refractivity contribution in [1.82, 2.24) is 0 Å². The molecule has 2 aromatic rings. The normalized spacial score (nSPS) is 14.3. The molecule has 4 nitrogen and oxygen atoms in total. The highest BCUT2D eigenvalue weighted by molar-refractivity contribution is 5.96. The number of piperidine rings is 1. The highest BCUT2D eigenvalue weighted by atomic mass is 16.2. The summed E-state index contributed by atoms with van der Waals surface area (Å²) in [5.41, 5.74) is 3.98. The predicted molar refractivity (Wildman–Crippen MR) is 105 cm³/mol. The standard InChI is InChI=1S/C22H26N2O2/c1-17-13-14-19(16-20(17)24-15-6-5-12-22(24)26)23-21(25)11-7-10-18-8-3-2-4-9-18/h2-4,8-9,13-14,16H,5-7,10-12,15H2,1H3,(H,23,25). The van der Waals surface area contributed by atoms with Crippen LogP contribution in [0, 0.1) is 6.92 Å². The van der Waals surface area contributed by atoms with Crippen molar-refractivity contribution in [3.05, 3.63) is 59.7 Å². The van der Waals surface area contributed by atoms with Crippen molar-refractivity contribution in [2.45, 2.75) is 45.4 Å². The van der Waals surface area contributed by atoms with Gasteiger partial charge in [0.25, 0.3) is 0 Å². The lowest BCUT2D eigenvalue weighted by Crippen LogP contribution is -2.35. The molecular weight excluding hydrogens is 324 g/mol. The van der Waals surface area contributed by atoms with Crippen LogP contribution in [0.25, 0.3) is 0 Å². The zero-order valence-corrected chi connectivity index (χ0v) is 15.3. The van der Waals surface area contributed by atoms with Crippen molar-refractivity contribution in [3.8, 4) is 0 Å². The zero-order valence-electron chi connectivity index (χ0n) is 15.3. The lowest BCUT2D eigenvalue weighted by Gasteiger charge is -2.28. The number of rotatable bonds is 6. The molecule has 26 heavy (non-hydrogen) atoms. The van der Waals surface area contributed by atoms with Crippen LogP contribution in [0.4, 0.5) is 11.4 Å². The van der Waals surface area contributed by atoms with Crippen LogP contribution in [0.5, 0.6) is 0 Å². The van der Waals surface area contributed by atoms with Crippen molar-refractivity contribution in [2.75, 3.05) is 16.8 Å². The van der Waals surface area contributed by atoms with Gasteiger partial charge in [-0.15, -0.1) is 0 Å². The maximum Gasteiger partial charge on any atom is 0.226 e. The number of hydrogen-bond donors (Lipinski definition) is 1.